The van der Waals surface area contributed by atoms with Gasteiger partial charge < -0.3 is 9.74 Å². The van der Waals surface area contributed by atoms with Crippen molar-refractivity contribution in [1.29, 1.82) is 0 Å². The van der Waals surface area contributed by atoms with Crippen molar-refractivity contribution in [2.45, 2.75) is 45.3 Å². The maximum atomic E-state index is 6.15. The monoisotopic (exact) mass is 290 g/mol. The molecule has 1 aromatic rings. The van der Waals surface area contributed by atoms with E-state index in [1.807, 2.05) is 6.20 Å². The molecular formula is C16H26N2OSi. The molecule has 1 aromatic heterocycles. The third kappa shape index (κ3) is 3.49. The van der Waals surface area contributed by atoms with Gasteiger partial charge in [0.1, 0.15) is 0 Å². The summed E-state index contributed by atoms with van der Waals surface area (Å²) in [5.41, 5.74) is 3.49. The standard InChI is InChI=1S/C16H26N2OSi/c1-16(2,3)20(4,5)19-10-9-17-14-11-13-7-6-8-15(13)18-12-14/h6-7,11-12,17H,8-10H2,1-5H3. The second-order valence-electron chi connectivity index (χ2n) is 6.90. The molecule has 0 amide bonds. The van der Waals surface area contributed by atoms with E-state index in [1.54, 1.807) is 0 Å². The number of pyridine rings is 1. The van der Waals surface area contributed by atoms with Crippen LogP contribution in [0.2, 0.25) is 18.1 Å². The fourth-order valence-electron chi connectivity index (χ4n) is 1.94. The van der Waals surface area contributed by atoms with Gasteiger partial charge in [-0.15, -0.1) is 0 Å². The van der Waals surface area contributed by atoms with E-state index in [2.05, 4.69) is 62.4 Å². The van der Waals surface area contributed by atoms with E-state index in [4.69, 9.17) is 4.43 Å². The van der Waals surface area contributed by atoms with Crippen LogP contribution in [0.1, 0.15) is 32.0 Å². The lowest BCUT2D eigenvalue weighted by Crippen LogP contribution is -2.41. The minimum atomic E-state index is -1.63. The van der Waals surface area contributed by atoms with Crippen molar-refractivity contribution >= 4 is 20.1 Å². The molecular weight excluding hydrogens is 264 g/mol. The van der Waals surface area contributed by atoms with Gasteiger partial charge in [0.05, 0.1) is 24.2 Å². The van der Waals surface area contributed by atoms with Crippen LogP contribution >= 0.6 is 0 Å². The molecule has 0 atom stereocenters. The van der Waals surface area contributed by atoms with Gasteiger partial charge in [0.15, 0.2) is 8.32 Å². The largest absolute Gasteiger partial charge is 0.415 e. The van der Waals surface area contributed by atoms with Crippen LogP contribution in [0, 0.1) is 0 Å². The first kappa shape index (κ1) is 15.3. The molecule has 1 aliphatic carbocycles. The zero-order chi connectivity index (χ0) is 14.8. The predicted molar refractivity (Wildman–Crippen MR) is 88.6 cm³/mol. The van der Waals surface area contributed by atoms with Crippen molar-refractivity contribution in [3.8, 4) is 0 Å². The first-order valence-electron chi connectivity index (χ1n) is 7.33. The Morgan fingerprint density at radius 1 is 1.35 bits per heavy atom. The molecule has 0 saturated carbocycles. The van der Waals surface area contributed by atoms with Gasteiger partial charge in [0.2, 0.25) is 0 Å². The molecule has 3 nitrogen and oxygen atoms in total. The van der Waals surface area contributed by atoms with Crippen molar-refractivity contribution < 1.29 is 4.43 Å². The van der Waals surface area contributed by atoms with Crippen LogP contribution in [-0.4, -0.2) is 26.5 Å². The number of nitrogens with zero attached hydrogens (tertiary/aromatic N) is 1. The Hall–Kier alpha value is -1.13. The number of hydrogen-bond acceptors (Lipinski definition) is 3. The lowest BCUT2D eigenvalue weighted by atomic mass is 10.2. The van der Waals surface area contributed by atoms with Gasteiger partial charge in [-0.2, -0.15) is 0 Å². The van der Waals surface area contributed by atoms with Gasteiger partial charge in [0.25, 0.3) is 0 Å². The summed E-state index contributed by atoms with van der Waals surface area (Å²) in [6.45, 7) is 13.0. The topological polar surface area (TPSA) is 34.1 Å². The number of anilines is 1. The summed E-state index contributed by atoms with van der Waals surface area (Å²) >= 11 is 0. The highest BCUT2D eigenvalue weighted by atomic mass is 28.4. The van der Waals surface area contributed by atoms with E-state index in [9.17, 15) is 0 Å². The summed E-state index contributed by atoms with van der Waals surface area (Å²) in [6, 6.07) is 2.16. The van der Waals surface area contributed by atoms with Crippen molar-refractivity contribution in [1.82, 2.24) is 4.98 Å². The molecule has 0 unspecified atom stereocenters. The minimum Gasteiger partial charge on any atom is -0.415 e. The number of aromatic nitrogens is 1. The first-order chi connectivity index (χ1) is 9.29. The minimum absolute atomic E-state index is 0.271. The van der Waals surface area contributed by atoms with E-state index in [-0.39, 0.29) is 5.04 Å². The fraction of sp³-hybridized carbons (Fsp3) is 0.562. The molecule has 0 bridgehead atoms. The summed E-state index contributed by atoms with van der Waals surface area (Å²) in [5, 5.41) is 3.67. The number of allylic oxidation sites excluding steroid dienone is 1. The van der Waals surface area contributed by atoms with Crippen LogP contribution in [0.4, 0.5) is 5.69 Å². The number of fused-ring (bicyclic) bond motifs is 1. The van der Waals surface area contributed by atoms with E-state index < -0.39 is 8.32 Å². The Morgan fingerprint density at radius 2 is 2.10 bits per heavy atom. The van der Waals surface area contributed by atoms with Crippen molar-refractivity contribution in [3.05, 3.63) is 29.6 Å². The van der Waals surface area contributed by atoms with Crippen LogP contribution in [0.25, 0.3) is 6.08 Å². The van der Waals surface area contributed by atoms with E-state index >= 15 is 0 Å². The summed E-state index contributed by atoms with van der Waals surface area (Å²) in [6.07, 6.45) is 7.17. The summed E-state index contributed by atoms with van der Waals surface area (Å²) in [4.78, 5) is 4.47. The highest BCUT2D eigenvalue weighted by Crippen LogP contribution is 2.36. The molecule has 4 heteroatoms. The quantitative estimate of drug-likeness (QED) is 0.655. The Bertz CT molecular complexity index is 504. The highest BCUT2D eigenvalue weighted by Gasteiger charge is 2.36. The summed E-state index contributed by atoms with van der Waals surface area (Å²) in [7, 11) is -1.63. The van der Waals surface area contributed by atoms with Gasteiger partial charge in [-0.3, -0.25) is 4.98 Å². The maximum absolute atomic E-state index is 6.15. The maximum Gasteiger partial charge on any atom is 0.192 e. The van der Waals surface area contributed by atoms with Gasteiger partial charge in [0, 0.05) is 13.0 Å². The molecule has 20 heavy (non-hydrogen) atoms. The normalized spacial score (nSPS) is 14.4. The molecule has 0 saturated heterocycles. The predicted octanol–water partition coefficient (Wildman–Crippen LogP) is 4.08. The Kier molecular flexibility index (Phi) is 4.35. The SMILES string of the molecule is CC(C)(C)[Si](C)(C)OCCNc1cnc2c(c1)C=CC2. The summed E-state index contributed by atoms with van der Waals surface area (Å²) < 4.78 is 6.15. The molecule has 0 fully saturated rings. The smallest absolute Gasteiger partial charge is 0.192 e. The molecule has 2 rings (SSSR count). The third-order valence-electron chi connectivity index (χ3n) is 4.31. The number of hydrogen-bond donors (Lipinski definition) is 1. The van der Waals surface area contributed by atoms with Gasteiger partial charge in [-0.1, -0.05) is 32.9 Å². The number of nitrogens with one attached hydrogen (secondary N) is 1. The van der Waals surface area contributed by atoms with Crippen LogP contribution in [0.15, 0.2) is 18.3 Å². The molecule has 1 aliphatic rings. The average Bonchev–Trinajstić information content (AvgIpc) is 2.80. The lowest BCUT2D eigenvalue weighted by Gasteiger charge is -2.36. The molecule has 0 aromatic carbocycles. The number of rotatable bonds is 5. The fourth-order valence-corrected chi connectivity index (χ4v) is 2.98. The van der Waals surface area contributed by atoms with Gasteiger partial charge >= 0.3 is 0 Å². The Balaban J connectivity index is 1.81. The molecule has 0 aliphatic heterocycles. The zero-order valence-corrected chi connectivity index (χ0v) is 14.3. The van der Waals surface area contributed by atoms with E-state index in [1.165, 1.54) is 11.3 Å². The summed E-state index contributed by atoms with van der Waals surface area (Å²) in [5.74, 6) is 0. The van der Waals surface area contributed by atoms with Crippen molar-refractivity contribution in [2.24, 2.45) is 0 Å². The third-order valence-corrected chi connectivity index (χ3v) is 8.85. The second-order valence-corrected chi connectivity index (χ2v) is 11.7. The van der Waals surface area contributed by atoms with Crippen LogP contribution in [-0.2, 0) is 10.8 Å². The van der Waals surface area contributed by atoms with Crippen LogP contribution in [0.3, 0.4) is 0 Å². The second kappa shape index (κ2) is 5.70. The first-order valence-corrected chi connectivity index (χ1v) is 10.2. The van der Waals surface area contributed by atoms with Crippen molar-refractivity contribution in [2.75, 3.05) is 18.5 Å². The Labute approximate surface area is 123 Å². The molecule has 0 radical (unpaired) electrons. The van der Waals surface area contributed by atoms with Crippen LogP contribution < -0.4 is 5.32 Å². The van der Waals surface area contributed by atoms with Gasteiger partial charge in [-0.25, -0.2) is 0 Å². The highest BCUT2D eigenvalue weighted by molar-refractivity contribution is 6.74. The Morgan fingerprint density at radius 3 is 2.80 bits per heavy atom. The van der Waals surface area contributed by atoms with Crippen molar-refractivity contribution in [3.63, 3.8) is 0 Å². The lowest BCUT2D eigenvalue weighted by molar-refractivity contribution is 0.301. The molecule has 110 valence electrons. The average molecular weight is 290 g/mol. The van der Waals surface area contributed by atoms with Crippen LogP contribution in [0.5, 0.6) is 0 Å². The molecule has 0 spiro atoms. The van der Waals surface area contributed by atoms with E-state index in [0.29, 0.717) is 0 Å². The van der Waals surface area contributed by atoms with Gasteiger partial charge in [-0.05, 0) is 29.8 Å². The zero-order valence-electron chi connectivity index (χ0n) is 13.3. The molecule has 1 N–H and O–H groups in total. The van der Waals surface area contributed by atoms with E-state index in [0.717, 1.165) is 25.3 Å². The molecule has 1 heterocycles.